The van der Waals surface area contributed by atoms with Crippen LogP contribution < -0.4 is 0 Å². The zero-order valence-corrected chi connectivity index (χ0v) is 9.50. The van der Waals surface area contributed by atoms with Gasteiger partial charge >= 0.3 is 0 Å². The van der Waals surface area contributed by atoms with Crippen LogP contribution in [0, 0.1) is 11.3 Å². The number of halogens is 1. The molecule has 1 aromatic rings. The second kappa shape index (κ2) is 3.76. The van der Waals surface area contributed by atoms with Crippen molar-refractivity contribution in [2.75, 3.05) is 0 Å². The van der Waals surface area contributed by atoms with Gasteiger partial charge < -0.3 is 0 Å². The fourth-order valence-electron chi connectivity index (χ4n) is 1.67. The predicted octanol–water partition coefficient (Wildman–Crippen LogP) is 3.73. The number of nitrogens with zero attached hydrogens (tertiary/aromatic N) is 1. The Hall–Kier alpha value is -0.780. The lowest BCUT2D eigenvalue weighted by Crippen LogP contribution is -1.76. The Balaban J connectivity index is 2.40. The van der Waals surface area contributed by atoms with Crippen LogP contribution in [0.5, 0.6) is 0 Å². The molecule has 3 heteroatoms. The molecule has 72 valence electrons. The minimum atomic E-state index is 0.603. The van der Waals surface area contributed by atoms with Crippen LogP contribution in [0.2, 0.25) is 0 Å². The molecule has 1 aromatic heterocycles. The van der Waals surface area contributed by atoms with Crippen LogP contribution in [0.4, 0.5) is 0 Å². The molecule has 2 rings (SSSR count). The summed E-state index contributed by atoms with van der Waals surface area (Å²) in [6, 6.07) is 4.22. The van der Waals surface area contributed by atoms with E-state index < -0.39 is 0 Å². The third-order valence-corrected chi connectivity index (χ3v) is 4.31. The maximum Gasteiger partial charge on any atom is 0.0960 e. The van der Waals surface area contributed by atoms with Gasteiger partial charge in [-0.2, -0.15) is 5.26 Å². The van der Waals surface area contributed by atoms with Crippen LogP contribution in [-0.2, 0) is 12.8 Å². The van der Waals surface area contributed by atoms with Crippen LogP contribution in [-0.4, -0.2) is 0 Å². The number of thiophene rings is 1. The van der Waals surface area contributed by atoms with Crippen molar-refractivity contribution in [1.29, 1.82) is 5.26 Å². The fourth-order valence-corrected chi connectivity index (χ4v) is 3.13. The molecule has 0 fully saturated rings. The second-order valence-corrected chi connectivity index (χ2v) is 4.98. The van der Waals surface area contributed by atoms with E-state index >= 15 is 0 Å². The first-order chi connectivity index (χ1) is 6.72. The van der Waals surface area contributed by atoms with E-state index in [9.17, 15) is 0 Å². The van der Waals surface area contributed by atoms with Gasteiger partial charge in [0.05, 0.1) is 11.1 Å². The molecule has 0 saturated heterocycles. The Labute approximate surface area is 92.6 Å². The number of hydrogen-bond donors (Lipinski definition) is 0. The van der Waals surface area contributed by atoms with Gasteiger partial charge in [-0.05, 0) is 37.8 Å². The summed E-state index contributed by atoms with van der Waals surface area (Å²) in [5.74, 6) is 0. The molecule has 1 heterocycles. The summed E-state index contributed by atoms with van der Waals surface area (Å²) in [6.07, 6.45) is 3.61. The van der Waals surface area contributed by atoms with Gasteiger partial charge in [0.15, 0.2) is 0 Å². The molecule has 1 aliphatic carbocycles. The highest BCUT2D eigenvalue weighted by atomic mass is 35.5. The lowest BCUT2D eigenvalue weighted by molar-refractivity contribution is 0.914. The molecule has 0 N–H and O–H groups in total. The zero-order valence-electron chi connectivity index (χ0n) is 7.93. The van der Waals surface area contributed by atoms with E-state index in [4.69, 9.17) is 16.9 Å². The molecule has 14 heavy (non-hydrogen) atoms. The maximum atomic E-state index is 8.73. The highest BCUT2D eigenvalue weighted by molar-refractivity contribution is 7.14. The molecule has 0 radical (unpaired) electrons. The monoisotopic (exact) mass is 223 g/mol. The lowest BCUT2D eigenvalue weighted by Gasteiger charge is -1.94. The summed E-state index contributed by atoms with van der Waals surface area (Å²) in [7, 11) is 0. The average molecular weight is 224 g/mol. The minimum Gasteiger partial charge on any atom is -0.193 e. The zero-order chi connectivity index (χ0) is 10.1. The van der Waals surface area contributed by atoms with Gasteiger partial charge in [0.1, 0.15) is 0 Å². The van der Waals surface area contributed by atoms with Crippen molar-refractivity contribution in [3.8, 4) is 6.07 Å². The van der Waals surface area contributed by atoms with E-state index in [2.05, 4.69) is 12.1 Å². The van der Waals surface area contributed by atoms with E-state index in [1.54, 1.807) is 18.3 Å². The van der Waals surface area contributed by atoms with Crippen LogP contribution in [0.25, 0.3) is 5.03 Å². The third-order valence-electron chi connectivity index (χ3n) is 2.46. The van der Waals surface area contributed by atoms with Crippen LogP contribution >= 0.6 is 22.9 Å². The third kappa shape index (κ3) is 1.58. The number of rotatable bonds is 1. The largest absolute Gasteiger partial charge is 0.193 e. The van der Waals surface area contributed by atoms with E-state index in [1.165, 1.54) is 29.7 Å². The molecule has 0 unspecified atom stereocenters. The quantitative estimate of drug-likeness (QED) is 0.666. The summed E-state index contributed by atoms with van der Waals surface area (Å²) in [5, 5.41) is 9.34. The molecule has 0 amide bonds. The normalized spacial score (nSPS) is 16.1. The smallest absolute Gasteiger partial charge is 0.0960 e. The SMILES string of the molecule is CC(C#N)=C(Cl)c1cc2c(s1)CCC2. The number of allylic oxidation sites excluding steroid dienone is 1. The van der Waals surface area contributed by atoms with Crippen molar-refractivity contribution in [3.05, 3.63) is 27.0 Å². The van der Waals surface area contributed by atoms with E-state index in [-0.39, 0.29) is 0 Å². The Kier molecular flexibility index (Phi) is 2.62. The maximum absolute atomic E-state index is 8.73. The highest BCUT2D eigenvalue weighted by Gasteiger charge is 2.16. The van der Waals surface area contributed by atoms with Gasteiger partial charge in [-0.15, -0.1) is 11.3 Å². The van der Waals surface area contributed by atoms with Gasteiger partial charge in [0, 0.05) is 15.3 Å². The molecule has 0 bridgehead atoms. The number of hydrogen-bond acceptors (Lipinski definition) is 2. The standard InChI is InChI=1S/C11H10ClNS/c1-7(6-13)11(12)10-5-8-3-2-4-9(8)14-10/h5H,2-4H2,1H3. The summed E-state index contributed by atoms with van der Waals surface area (Å²) < 4.78 is 0. The molecule has 0 aliphatic heterocycles. The van der Waals surface area contributed by atoms with E-state index in [0.29, 0.717) is 10.6 Å². The minimum absolute atomic E-state index is 0.603. The first kappa shape index (κ1) is 9.76. The number of aryl methyl sites for hydroxylation is 2. The van der Waals surface area contributed by atoms with E-state index in [0.717, 1.165) is 4.88 Å². The average Bonchev–Trinajstić information content (AvgIpc) is 2.74. The number of fused-ring (bicyclic) bond motifs is 1. The first-order valence-electron chi connectivity index (χ1n) is 4.61. The van der Waals surface area contributed by atoms with Crippen LogP contribution in [0.3, 0.4) is 0 Å². The fraction of sp³-hybridized carbons (Fsp3) is 0.364. The number of nitriles is 1. The molecule has 1 aliphatic rings. The molecular formula is C11H10ClNS. The van der Waals surface area contributed by atoms with Gasteiger partial charge in [-0.25, -0.2) is 0 Å². The molecule has 1 nitrogen and oxygen atoms in total. The van der Waals surface area contributed by atoms with Gasteiger partial charge in [0.25, 0.3) is 0 Å². The van der Waals surface area contributed by atoms with Crippen LogP contribution in [0.1, 0.15) is 28.7 Å². The van der Waals surface area contributed by atoms with Gasteiger partial charge in [0.2, 0.25) is 0 Å². The first-order valence-corrected chi connectivity index (χ1v) is 5.80. The Morgan fingerprint density at radius 2 is 2.36 bits per heavy atom. The van der Waals surface area contributed by atoms with E-state index in [1.807, 2.05) is 0 Å². The van der Waals surface area contributed by atoms with Gasteiger partial charge in [-0.1, -0.05) is 11.6 Å². The predicted molar refractivity (Wildman–Crippen MR) is 60.4 cm³/mol. The van der Waals surface area contributed by atoms with Crippen molar-refractivity contribution >= 4 is 28.0 Å². The molecule has 0 aromatic carbocycles. The van der Waals surface area contributed by atoms with Gasteiger partial charge in [-0.3, -0.25) is 0 Å². The van der Waals surface area contributed by atoms with Crippen molar-refractivity contribution in [2.24, 2.45) is 0 Å². The van der Waals surface area contributed by atoms with Crippen molar-refractivity contribution in [3.63, 3.8) is 0 Å². The second-order valence-electron chi connectivity index (χ2n) is 3.46. The van der Waals surface area contributed by atoms with Crippen LogP contribution in [0.15, 0.2) is 11.6 Å². The molecule has 0 spiro atoms. The summed E-state index contributed by atoms with van der Waals surface area (Å²) in [5.41, 5.74) is 2.03. The Morgan fingerprint density at radius 1 is 1.57 bits per heavy atom. The lowest BCUT2D eigenvalue weighted by atomic mass is 10.2. The molecular weight excluding hydrogens is 214 g/mol. The molecule has 0 atom stereocenters. The summed E-state index contributed by atoms with van der Waals surface area (Å²) in [6.45, 7) is 1.76. The Morgan fingerprint density at radius 3 is 3.00 bits per heavy atom. The molecule has 0 saturated carbocycles. The summed E-state index contributed by atoms with van der Waals surface area (Å²) >= 11 is 7.82. The van der Waals surface area contributed by atoms with Crippen molar-refractivity contribution in [1.82, 2.24) is 0 Å². The Bertz CT molecular complexity index is 415. The topological polar surface area (TPSA) is 23.8 Å². The summed E-state index contributed by atoms with van der Waals surface area (Å²) in [4.78, 5) is 2.50. The van der Waals surface area contributed by atoms with Crippen molar-refractivity contribution < 1.29 is 0 Å². The highest BCUT2D eigenvalue weighted by Crippen LogP contribution is 2.36. The van der Waals surface area contributed by atoms with Crippen molar-refractivity contribution in [2.45, 2.75) is 26.2 Å².